The van der Waals surface area contributed by atoms with Crippen LogP contribution in [-0.4, -0.2) is 62.4 Å². The molecule has 0 bridgehead atoms. The lowest BCUT2D eigenvalue weighted by Crippen LogP contribution is -2.48. The highest BCUT2D eigenvalue weighted by Gasteiger charge is 2.31. The van der Waals surface area contributed by atoms with Crippen LogP contribution in [0.25, 0.3) is 10.8 Å². The summed E-state index contributed by atoms with van der Waals surface area (Å²) in [5, 5.41) is 22.0. The third-order valence-corrected chi connectivity index (χ3v) is 6.83. The van der Waals surface area contributed by atoms with Crippen molar-refractivity contribution in [1.82, 2.24) is 9.79 Å². The molecule has 0 aliphatic heterocycles. The van der Waals surface area contributed by atoms with Crippen LogP contribution in [0.5, 0.6) is 11.5 Å². The Kier molecular flexibility index (Phi) is 8.28. The average Bonchev–Trinajstić information content (AvgIpc) is 2.83. The van der Waals surface area contributed by atoms with Gasteiger partial charge in [-0.05, 0) is 29.0 Å². The molecule has 0 fully saturated rings. The quantitative estimate of drug-likeness (QED) is 0.339. The van der Waals surface area contributed by atoms with Crippen LogP contribution in [0.4, 0.5) is 0 Å². The molecule has 1 unspecified atom stereocenters. The molecule has 0 spiro atoms. The van der Waals surface area contributed by atoms with Crippen LogP contribution in [0.2, 0.25) is 0 Å². The number of hydrogen-bond acceptors (Lipinski definition) is 7. The molecule has 3 aromatic rings. The fourth-order valence-corrected chi connectivity index (χ4v) is 4.89. The smallest absolute Gasteiger partial charge is 0.305 e. The number of carbonyl (C=O) groups excluding carboxylic acids is 1. The molecule has 0 aliphatic carbocycles. The number of rotatable bonds is 11. The number of aliphatic carboxylic acids is 1. The topological polar surface area (TPSA) is 142 Å². The first-order valence-electron chi connectivity index (χ1n) is 10.6. The normalized spacial score (nSPS) is 12.3. The van der Waals surface area contributed by atoms with Crippen LogP contribution in [0.1, 0.15) is 12.0 Å². The molecule has 3 aromatic carbocycles. The van der Waals surface area contributed by atoms with E-state index in [1.165, 1.54) is 32.4 Å². The van der Waals surface area contributed by atoms with Gasteiger partial charge in [0.25, 0.3) is 5.91 Å². The molecule has 186 valence electrons. The third-order valence-electron chi connectivity index (χ3n) is 5.32. The van der Waals surface area contributed by atoms with Gasteiger partial charge in [0.1, 0.15) is 22.4 Å². The highest BCUT2D eigenvalue weighted by atomic mass is 32.2. The number of sulfonamides is 1. The highest BCUT2D eigenvalue weighted by molar-refractivity contribution is 7.89. The van der Waals surface area contributed by atoms with E-state index in [-0.39, 0.29) is 23.0 Å². The van der Waals surface area contributed by atoms with E-state index in [0.717, 1.165) is 15.8 Å². The second kappa shape index (κ2) is 11.2. The van der Waals surface area contributed by atoms with Gasteiger partial charge in [-0.15, -0.1) is 0 Å². The van der Waals surface area contributed by atoms with E-state index in [0.29, 0.717) is 12.0 Å². The number of benzene rings is 3. The zero-order valence-electron chi connectivity index (χ0n) is 19.2. The average molecular weight is 503 g/mol. The second-order valence-electron chi connectivity index (χ2n) is 7.62. The van der Waals surface area contributed by atoms with Crippen molar-refractivity contribution in [1.29, 1.82) is 0 Å². The Hall–Kier alpha value is -3.67. The summed E-state index contributed by atoms with van der Waals surface area (Å²) in [6.07, 6.45) is -0.483. The van der Waals surface area contributed by atoms with Crippen LogP contribution in [-0.2, 0) is 30.9 Å². The van der Waals surface area contributed by atoms with Gasteiger partial charge in [0.05, 0.1) is 20.1 Å². The molecule has 3 N–H and O–H groups in total. The van der Waals surface area contributed by atoms with Crippen molar-refractivity contribution in [2.75, 3.05) is 20.8 Å². The van der Waals surface area contributed by atoms with E-state index in [1.807, 2.05) is 24.3 Å². The van der Waals surface area contributed by atoms with Crippen molar-refractivity contribution in [3.8, 4) is 11.5 Å². The Morgan fingerprint density at radius 2 is 1.74 bits per heavy atom. The van der Waals surface area contributed by atoms with E-state index in [4.69, 9.17) is 14.7 Å². The Morgan fingerprint density at radius 3 is 2.46 bits per heavy atom. The van der Waals surface area contributed by atoms with Crippen molar-refractivity contribution in [3.63, 3.8) is 0 Å². The van der Waals surface area contributed by atoms with Gasteiger partial charge in [0, 0.05) is 19.0 Å². The number of phenolic OH excluding ortho intramolecular Hbond substituents is 1. The number of phenols is 1. The number of nitrogens with one attached hydrogen (secondary N) is 1. The van der Waals surface area contributed by atoms with E-state index in [1.54, 1.807) is 18.2 Å². The highest BCUT2D eigenvalue weighted by Crippen LogP contribution is 2.29. The van der Waals surface area contributed by atoms with Crippen LogP contribution in [0.15, 0.2) is 65.6 Å². The number of carboxylic acids is 1. The van der Waals surface area contributed by atoms with Gasteiger partial charge in [-0.1, -0.05) is 42.5 Å². The molecular weight excluding hydrogens is 476 g/mol. The largest absolute Gasteiger partial charge is 0.508 e. The number of hydroxylamine groups is 2. The predicted molar refractivity (Wildman–Crippen MR) is 127 cm³/mol. The summed E-state index contributed by atoms with van der Waals surface area (Å²) in [6, 6.07) is 15.2. The Labute approximate surface area is 202 Å². The third kappa shape index (κ3) is 6.27. The molecule has 3 rings (SSSR count). The number of carboxylic acid groups (broad SMARTS) is 1. The maximum Gasteiger partial charge on any atom is 0.305 e. The minimum atomic E-state index is -4.35. The first-order chi connectivity index (χ1) is 16.6. The van der Waals surface area contributed by atoms with Crippen LogP contribution in [0.3, 0.4) is 0 Å². The number of likely N-dealkylation sites (N-methyl/N-ethyl adjacent to an activating group) is 1. The van der Waals surface area contributed by atoms with Gasteiger partial charge in [0.15, 0.2) is 0 Å². The molecule has 0 aliphatic rings. The zero-order valence-corrected chi connectivity index (χ0v) is 20.0. The lowest BCUT2D eigenvalue weighted by molar-refractivity contribution is -0.171. The van der Waals surface area contributed by atoms with Crippen LogP contribution >= 0.6 is 0 Å². The SMILES string of the molecule is CON(C)C(=O)C(CC(=O)O)NS(=O)(=O)c1ccccc1OCCc1c(O)ccc2ccccc12. The van der Waals surface area contributed by atoms with Crippen molar-refractivity contribution in [2.24, 2.45) is 0 Å². The molecule has 10 nitrogen and oxygen atoms in total. The summed E-state index contributed by atoms with van der Waals surface area (Å²) in [5.41, 5.74) is 0.663. The molecule has 11 heteroatoms. The maximum atomic E-state index is 13.1. The van der Waals surface area contributed by atoms with Crippen molar-refractivity contribution < 1.29 is 37.8 Å². The number of carbonyl (C=O) groups is 2. The number of para-hydroxylation sites is 1. The molecule has 35 heavy (non-hydrogen) atoms. The van der Waals surface area contributed by atoms with E-state index in [2.05, 4.69) is 4.72 Å². The summed E-state index contributed by atoms with van der Waals surface area (Å²) in [4.78, 5) is 28.2. The number of aromatic hydroxyl groups is 1. The molecular formula is C24H26N2O8S. The number of hydrogen-bond donors (Lipinski definition) is 3. The van der Waals surface area contributed by atoms with Gasteiger partial charge in [-0.25, -0.2) is 13.5 Å². The molecule has 0 radical (unpaired) electrons. The monoisotopic (exact) mass is 502 g/mol. The Balaban J connectivity index is 1.81. The number of amides is 1. The first kappa shape index (κ1) is 25.9. The summed E-state index contributed by atoms with van der Waals surface area (Å²) in [7, 11) is -1.91. The summed E-state index contributed by atoms with van der Waals surface area (Å²) in [6.45, 7) is 0.0536. The fraction of sp³-hybridized carbons (Fsp3) is 0.250. The minimum absolute atomic E-state index is 0.0151. The van der Waals surface area contributed by atoms with Crippen LogP contribution < -0.4 is 9.46 Å². The lowest BCUT2D eigenvalue weighted by Gasteiger charge is -2.22. The first-order valence-corrected chi connectivity index (χ1v) is 12.1. The Morgan fingerprint density at radius 1 is 1.06 bits per heavy atom. The van der Waals surface area contributed by atoms with Crippen molar-refractivity contribution in [3.05, 3.63) is 66.2 Å². The van der Waals surface area contributed by atoms with Gasteiger partial charge < -0.3 is 14.9 Å². The van der Waals surface area contributed by atoms with Gasteiger partial charge >= 0.3 is 5.97 Å². The number of fused-ring (bicyclic) bond motifs is 1. The summed E-state index contributed by atoms with van der Waals surface area (Å²) < 4.78 is 34.1. The molecule has 0 aromatic heterocycles. The lowest BCUT2D eigenvalue weighted by atomic mass is 10.0. The number of nitrogens with zero attached hydrogens (tertiary/aromatic N) is 1. The summed E-state index contributed by atoms with van der Waals surface area (Å²) in [5.74, 6) is -2.12. The van der Waals surface area contributed by atoms with E-state index >= 15 is 0 Å². The Bertz CT molecular complexity index is 1330. The molecule has 0 saturated heterocycles. The minimum Gasteiger partial charge on any atom is -0.508 e. The van der Waals surface area contributed by atoms with E-state index < -0.39 is 34.4 Å². The van der Waals surface area contributed by atoms with E-state index in [9.17, 15) is 23.1 Å². The maximum absolute atomic E-state index is 13.1. The fourth-order valence-electron chi connectivity index (χ4n) is 3.56. The van der Waals surface area contributed by atoms with Crippen molar-refractivity contribution in [2.45, 2.75) is 23.8 Å². The number of ether oxygens (including phenoxy) is 1. The summed E-state index contributed by atoms with van der Waals surface area (Å²) >= 11 is 0. The standard InChI is InChI=1S/C24H26N2O8S/c1-26(33-2)24(30)19(15-23(28)29)25-35(31,32)22-10-6-5-9-21(22)34-14-13-18-17-8-4-3-7-16(17)11-12-20(18)27/h3-12,19,25,27H,13-15H2,1-2H3,(H,28,29). The van der Waals surface area contributed by atoms with Gasteiger partial charge in [-0.3, -0.25) is 14.4 Å². The van der Waals surface area contributed by atoms with Crippen LogP contribution in [0, 0.1) is 0 Å². The predicted octanol–water partition coefficient (Wildman–Crippen LogP) is 2.31. The zero-order chi connectivity index (χ0) is 25.6. The van der Waals surface area contributed by atoms with Gasteiger partial charge in [0.2, 0.25) is 10.0 Å². The van der Waals surface area contributed by atoms with Gasteiger partial charge in [-0.2, -0.15) is 4.72 Å². The molecule has 0 heterocycles. The van der Waals surface area contributed by atoms with Crippen molar-refractivity contribution >= 4 is 32.7 Å². The molecule has 1 atom stereocenters. The molecule has 1 amide bonds. The molecule has 0 saturated carbocycles. The second-order valence-corrected chi connectivity index (χ2v) is 9.30.